The highest BCUT2D eigenvalue weighted by Gasteiger charge is 2.61. The average Bonchev–Trinajstić information content (AvgIpc) is 3.13. The molecular weight excluding hydrogens is 758 g/mol. The van der Waals surface area contributed by atoms with E-state index in [2.05, 4.69) is 9.72 Å². The van der Waals surface area contributed by atoms with E-state index in [1.807, 2.05) is 0 Å². The van der Waals surface area contributed by atoms with E-state index < -0.39 is 56.5 Å². The maximum absolute atomic E-state index is 14.5. The van der Waals surface area contributed by atoms with Crippen molar-refractivity contribution in [3.8, 4) is 22.9 Å². The molecule has 54 heavy (non-hydrogen) atoms. The van der Waals surface area contributed by atoms with Crippen LogP contribution in [0.2, 0.25) is 0 Å². The van der Waals surface area contributed by atoms with Crippen molar-refractivity contribution in [3.05, 3.63) is 137 Å². The zero-order chi connectivity index (χ0) is 38.4. The largest absolute Gasteiger partial charge is 0.573 e. The topological polar surface area (TPSA) is 107 Å². The zero-order valence-electron chi connectivity index (χ0n) is 28.4. The van der Waals surface area contributed by atoms with Crippen LogP contribution < -0.4 is 19.8 Å². The van der Waals surface area contributed by atoms with Gasteiger partial charge in [0.1, 0.15) is 18.0 Å². The Morgan fingerprint density at radius 3 is 2.02 bits per heavy atom. The fourth-order valence-electron chi connectivity index (χ4n) is 5.49. The first kappa shape index (κ1) is 39.0. The van der Waals surface area contributed by atoms with Crippen molar-refractivity contribution < 1.29 is 54.3 Å². The second-order valence-electron chi connectivity index (χ2n) is 12.1. The molecule has 0 radical (unpaired) electrons. The van der Waals surface area contributed by atoms with Gasteiger partial charge in [0.05, 0.1) is 26.0 Å². The molecule has 17 heteroatoms. The van der Waals surface area contributed by atoms with Gasteiger partial charge in [0, 0.05) is 36.2 Å². The molecule has 6 rings (SSSR count). The van der Waals surface area contributed by atoms with E-state index in [0.717, 1.165) is 23.9 Å². The molecule has 0 amide bonds. The lowest BCUT2D eigenvalue weighted by Crippen LogP contribution is -2.56. The summed E-state index contributed by atoms with van der Waals surface area (Å²) in [6, 6.07) is 27.1. The standard InChI is InChI=1S/C37H32F5N2O8PS/c1-47-32-20-28(44-19-18-43-33(34(44)45)54-30-15-13-29(14-16-30)51-37(40,41)42)12-17-31(32)48-25-35(23-36(38,39)24-35)52-53(46,49-21-26-8-4-2-5-9-26)50-22-27-10-6-3-7-11-27/h2-20H,21-25H2,1H3. The first-order chi connectivity index (χ1) is 25.7. The van der Waals surface area contributed by atoms with Crippen molar-refractivity contribution in [2.75, 3.05) is 13.7 Å². The summed E-state index contributed by atoms with van der Waals surface area (Å²) in [5.41, 5.74) is -0.657. The molecule has 0 N–H and O–H groups in total. The van der Waals surface area contributed by atoms with Crippen LogP contribution in [0.4, 0.5) is 22.0 Å². The predicted octanol–water partition coefficient (Wildman–Crippen LogP) is 9.40. The maximum Gasteiger partial charge on any atom is 0.573 e. The van der Waals surface area contributed by atoms with E-state index in [1.165, 1.54) is 54.4 Å². The molecule has 0 atom stereocenters. The fourth-order valence-corrected chi connectivity index (χ4v) is 7.73. The van der Waals surface area contributed by atoms with E-state index in [0.29, 0.717) is 21.7 Å². The maximum atomic E-state index is 14.5. The van der Waals surface area contributed by atoms with E-state index in [9.17, 15) is 31.3 Å². The van der Waals surface area contributed by atoms with Crippen LogP contribution in [-0.4, -0.2) is 41.2 Å². The SMILES string of the molecule is COc1cc(-n2ccnc(Sc3ccc(OC(F)(F)F)cc3)c2=O)ccc1OCC1(OP(=O)(OCc2ccccc2)OCc2ccccc2)CC(F)(F)C1. The molecule has 5 aromatic rings. The number of hydrogen-bond donors (Lipinski definition) is 0. The van der Waals surface area contributed by atoms with Gasteiger partial charge in [-0.1, -0.05) is 72.4 Å². The molecule has 10 nitrogen and oxygen atoms in total. The van der Waals surface area contributed by atoms with Gasteiger partial charge in [0.25, 0.3) is 11.5 Å². The molecule has 1 saturated carbocycles. The highest BCUT2D eigenvalue weighted by Crippen LogP contribution is 2.61. The molecule has 0 saturated heterocycles. The van der Waals surface area contributed by atoms with Gasteiger partial charge < -0.3 is 14.2 Å². The van der Waals surface area contributed by atoms with Crippen LogP contribution in [0.25, 0.3) is 5.69 Å². The highest BCUT2D eigenvalue weighted by atomic mass is 32.2. The number of phosphoric ester groups is 1. The van der Waals surface area contributed by atoms with Gasteiger partial charge in [-0.3, -0.25) is 22.9 Å². The van der Waals surface area contributed by atoms with Gasteiger partial charge in [-0.25, -0.2) is 18.3 Å². The highest BCUT2D eigenvalue weighted by molar-refractivity contribution is 7.99. The number of ether oxygens (including phenoxy) is 3. The second kappa shape index (κ2) is 16.3. The Labute approximate surface area is 310 Å². The lowest BCUT2D eigenvalue weighted by atomic mass is 9.77. The number of rotatable bonds is 16. The molecule has 1 aromatic heterocycles. The molecular formula is C37H32F5N2O8PS. The van der Waals surface area contributed by atoms with Gasteiger partial charge in [-0.05, 0) is 47.5 Å². The molecule has 0 unspecified atom stereocenters. The summed E-state index contributed by atoms with van der Waals surface area (Å²) in [6.45, 7) is -0.824. The minimum absolute atomic E-state index is 0.0275. The number of phosphoric acid groups is 1. The molecule has 0 aliphatic heterocycles. The van der Waals surface area contributed by atoms with E-state index in [-0.39, 0.29) is 29.7 Å². The van der Waals surface area contributed by atoms with Crippen molar-refractivity contribution in [1.82, 2.24) is 9.55 Å². The summed E-state index contributed by atoms with van der Waals surface area (Å²) in [7, 11) is -3.12. The van der Waals surface area contributed by atoms with Gasteiger partial charge in [0.2, 0.25) is 0 Å². The molecule has 0 bridgehead atoms. The van der Waals surface area contributed by atoms with Crippen LogP contribution in [0.1, 0.15) is 24.0 Å². The minimum atomic E-state index is -4.84. The van der Waals surface area contributed by atoms with Crippen LogP contribution in [0.5, 0.6) is 17.2 Å². The Bertz CT molecular complexity index is 2090. The van der Waals surface area contributed by atoms with Crippen LogP contribution >= 0.6 is 19.6 Å². The van der Waals surface area contributed by atoms with Gasteiger partial charge in [-0.2, -0.15) is 0 Å². The smallest absolute Gasteiger partial charge is 0.493 e. The number of aromatic nitrogens is 2. The third kappa shape index (κ3) is 10.3. The monoisotopic (exact) mass is 790 g/mol. The number of hydrogen-bond acceptors (Lipinski definition) is 10. The Morgan fingerprint density at radius 2 is 1.46 bits per heavy atom. The van der Waals surface area contributed by atoms with E-state index in [4.69, 9.17) is 23.0 Å². The molecule has 0 spiro atoms. The molecule has 1 fully saturated rings. The molecule has 284 valence electrons. The summed E-state index contributed by atoms with van der Waals surface area (Å²) in [5.74, 6) is -3.29. The molecule has 1 aliphatic rings. The van der Waals surface area contributed by atoms with Crippen LogP contribution in [0, 0.1) is 0 Å². The van der Waals surface area contributed by atoms with E-state index in [1.54, 1.807) is 60.7 Å². The minimum Gasteiger partial charge on any atom is -0.493 e. The van der Waals surface area contributed by atoms with Crippen LogP contribution in [-0.2, 0) is 31.4 Å². The number of methoxy groups -OCH3 is 1. The third-order valence-electron chi connectivity index (χ3n) is 7.93. The first-order valence-corrected chi connectivity index (χ1v) is 18.5. The molecule has 1 heterocycles. The Hall–Kier alpha value is -4.73. The first-order valence-electron chi connectivity index (χ1n) is 16.2. The number of halogens is 5. The molecule has 1 aliphatic carbocycles. The van der Waals surface area contributed by atoms with Gasteiger partial charge >= 0.3 is 14.2 Å². The number of benzene rings is 4. The van der Waals surface area contributed by atoms with Crippen LogP contribution in [0.15, 0.2) is 130 Å². The lowest BCUT2D eigenvalue weighted by Gasteiger charge is -2.46. The van der Waals surface area contributed by atoms with Crippen molar-refractivity contribution in [2.24, 2.45) is 0 Å². The predicted molar refractivity (Wildman–Crippen MR) is 187 cm³/mol. The second-order valence-corrected chi connectivity index (χ2v) is 14.8. The van der Waals surface area contributed by atoms with Gasteiger partial charge in [0.15, 0.2) is 16.5 Å². The van der Waals surface area contributed by atoms with Crippen LogP contribution in [0.3, 0.4) is 0 Å². The summed E-state index contributed by atoms with van der Waals surface area (Å²) < 4.78 is 115. The van der Waals surface area contributed by atoms with Crippen molar-refractivity contribution in [1.29, 1.82) is 0 Å². The fraction of sp³-hybridized carbons (Fsp3) is 0.243. The number of alkyl halides is 5. The van der Waals surface area contributed by atoms with Crippen molar-refractivity contribution in [2.45, 2.75) is 53.9 Å². The Balaban J connectivity index is 1.18. The normalized spacial score (nSPS) is 14.9. The average molecular weight is 791 g/mol. The van der Waals surface area contributed by atoms with E-state index >= 15 is 0 Å². The zero-order valence-corrected chi connectivity index (χ0v) is 30.1. The quantitative estimate of drug-likeness (QED) is 0.0709. The Morgan fingerprint density at radius 1 is 0.852 bits per heavy atom. The van der Waals surface area contributed by atoms with Crippen molar-refractivity contribution >= 4 is 19.6 Å². The summed E-state index contributed by atoms with van der Waals surface area (Å²) >= 11 is 0.935. The lowest BCUT2D eigenvalue weighted by molar-refractivity contribution is -0.274. The molecule has 4 aromatic carbocycles. The summed E-state index contributed by atoms with van der Waals surface area (Å²) in [6.07, 6.45) is -3.70. The summed E-state index contributed by atoms with van der Waals surface area (Å²) in [4.78, 5) is 18.0. The van der Waals surface area contributed by atoms with Crippen molar-refractivity contribution in [3.63, 3.8) is 0 Å². The Kier molecular flexibility index (Phi) is 11.8. The van der Waals surface area contributed by atoms with Gasteiger partial charge in [-0.15, -0.1) is 13.2 Å². The third-order valence-corrected chi connectivity index (χ3v) is 10.4. The summed E-state index contributed by atoms with van der Waals surface area (Å²) in [5, 5.41) is 0.0275. The number of nitrogens with zero attached hydrogens (tertiary/aromatic N) is 2.